The van der Waals surface area contributed by atoms with E-state index in [0.717, 1.165) is 0 Å². The SMILES string of the molecule is C[C@@H](CN(C)C(=O)c1ccccc1C(=O)c1cccs1)C(=O)O. The third-order valence-electron chi connectivity index (χ3n) is 3.46. The van der Waals surface area contributed by atoms with Crippen LogP contribution in [0.5, 0.6) is 0 Å². The first-order valence-electron chi connectivity index (χ1n) is 7.07. The first-order valence-corrected chi connectivity index (χ1v) is 7.95. The van der Waals surface area contributed by atoms with Gasteiger partial charge in [-0.25, -0.2) is 0 Å². The summed E-state index contributed by atoms with van der Waals surface area (Å²) in [5, 5.41) is 10.8. The fourth-order valence-electron chi connectivity index (χ4n) is 2.19. The summed E-state index contributed by atoms with van der Waals surface area (Å²) < 4.78 is 0. The molecule has 5 nitrogen and oxygen atoms in total. The monoisotopic (exact) mass is 331 g/mol. The molecular weight excluding hydrogens is 314 g/mol. The lowest BCUT2D eigenvalue weighted by atomic mass is 10.0. The van der Waals surface area contributed by atoms with E-state index < -0.39 is 11.9 Å². The number of hydrogen-bond acceptors (Lipinski definition) is 4. The topological polar surface area (TPSA) is 74.7 Å². The molecule has 0 spiro atoms. The van der Waals surface area contributed by atoms with Crippen LogP contribution in [-0.2, 0) is 4.79 Å². The van der Waals surface area contributed by atoms with Crippen molar-refractivity contribution >= 4 is 29.0 Å². The fourth-order valence-corrected chi connectivity index (χ4v) is 2.86. The summed E-state index contributed by atoms with van der Waals surface area (Å²) in [7, 11) is 1.54. The molecule has 1 heterocycles. The lowest BCUT2D eigenvalue weighted by Gasteiger charge is -2.20. The van der Waals surface area contributed by atoms with Crippen LogP contribution in [0.25, 0.3) is 0 Å². The molecule has 0 fully saturated rings. The summed E-state index contributed by atoms with van der Waals surface area (Å²) in [5.41, 5.74) is 0.612. The normalized spacial score (nSPS) is 11.7. The van der Waals surface area contributed by atoms with Gasteiger partial charge in [0.15, 0.2) is 0 Å². The summed E-state index contributed by atoms with van der Waals surface area (Å²) in [6.07, 6.45) is 0. The summed E-state index contributed by atoms with van der Waals surface area (Å²) in [6.45, 7) is 1.62. The smallest absolute Gasteiger partial charge is 0.308 e. The molecule has 1 aromatic heterocycles. The molecule has 2 rings (SSSR count). The van der Waals surface area contributed by atoms with Crippen LogP contribution in [0.2, 0.25) is 0 Å². The van der Waals surface area contributed by atoms with Crippen LogP contribution in [0, 0.1) is 5.92 Å². The molecule has 0 saturated carbocycles. The Hall–Kier alpha value is -2.47. The van der Waals surface area contributed by atoms with Gasteiger partial charge in [-0.05, 0) is 17.5 Å². The van der Waals surface area contributed by atoms with Crippen molar-refractivity contribution in [2.24, 2.45) is 5.92 Å². The van der Waals surface area contributed by atoms with E-state index in [0.29, 0.717) is 10.4 Å². The van der Waals surface area contributed by atoms with Gasteiger partial charge in [-0.1, -0.05) is 31.2 Å². The van der Waals surface area contributed by atoms with Gasteiger partial charge in [0, 0.05) is 19.2 Å². The van der Waals surface area contributed by atoms with Gasteiger partial charge >= 0.3 is 5.97 Å². The second-order valence-electron chi connectivity index (χ2n) is 5.28. The molecule has 23 heavy (non-hydrogen) atoms. The lowest BCUT2D eigenvalue weighted by Crippen LogP contribution is -2.34. The van der Waals surface area contributed by atoms with E-state index in [1.807, 2.05) is 0 Å². The Labute approximate surface area is 138 Å². The van der Waals surface area contributed by atoms with Crippen LogP contribution in [0.15, 0.2) is 41.8 Å². The van der Waals surface area contributed by atoms with E-state index in [4.69, 9.17) is 5.11 Å². The van der Waals surface area contributed by atoms with Gasteiger partial charge in [0.2, 0.25) is 5.78 Å². The van der Waals surface area contributed by atoms with E-state index >= 15 is 0 Å². The Morgan fingerprint density at radius 1 is 1.13 bits per heavy atom. The fraction of sp³-hybridized carbons (Fsp3) is 0.235. The molecule has 1 aromatic carbocycles. The predicted octanol–water partition coefficient (Wildman–Crippen LogP) is 2.77. The van der Waals surface area contributed by atoms with Crippen molar-refractivity contribution in [2.45, 2.75) is 6.92 Å². The molecule has 1 N–H and O–H groups in total. The summed E-state index contributed by atoms with van der Waals surface area (Å²) in [6, 6.07) is 10.1. The molecule has 1 amide bonds. The lowest BCUT2D eigenvalue weighted by molar-refractivity contribution is -0.141. The molecule has 0 unspecified atom stereocenters. The largest absolute Gasteiger partial charge is 0.481 e. The van der Waals surface area contributed by atoms with E-state index in [9.17, 15) is 14.4 Å². The second kappa shape index (κ2) is 7.19. The number of rotatable bonds is 6. The number of amides is 1. The van der Waals surface area contributed by atoms with Gasteiger partial charge in [-0.3, -0.25) is 14.4 Å². The van der Waals surface area contributed by atoms with E-state index in [-0.39, 0.29) is 23.8 Å². The molecule has 2 aromatic rings. The molecule has 120 valence electrons. The zero-order valence-electron chi connectivity index (χ0n) is 12.9. The number of carbonyl (C=O) groups excluding carboxylic acids is 2. The van der Waals surface area contributed by atoms with Crippen molar-refractivity contribution < 1.29 is 19.5 Å². The first kappa shape index (κ1) is 16.9. The maximum Gasteiger partial charge on any atom is 0.308 e. The van der Waals surface area contributed by atoms with Crippen molar-refractivity contribution in [3.63, 3.8) is 0 Å². The summed E-state index contributed by atoms with van der Waals surface area (Å²) in [5.74, 6) is -2.21. The number of hydrogen-bond donors (Lipinski definition) is 1. The Bertz CT molecular complexity index is 724. The maximum absolute atomic E-state index is 12.6. The average Bonchev–Trinajstić information content (AvgIpc) is 3.07. The van der Waals surface area contributed by atoms with Crippen LogP contribution in [0.4, 0.5) is 0 Å². The number of benzene rings is 1. The van der Waals surface area contributed by atoms with Crippen molar-refractivity contribution in [1.82, 2.24) is 4.90 Å². The minimum atomic E-state index is -0.965. The zero-order chi connectivity index (χ0) is 17.0. The average molecular weight is 331 g/mol. The van der Waals surface area contributed by atoms with Gasteiger partial charge < -0.3 is 10.0 Å². The molecule has 0 aliphatic rings. The number of carboxylic acid groups (broad SMARTS) is 1. The Kier molecular flexibility index (Phi) is 5.28. The standard InChI is InChI=1S/C17H17NO4S/c1-11(17(21)22)10-18(2)16(20)13-7-4-3-6-12(13)15(19)14-8-5-9-23-14/h3-9,11H,10H2,1-2H3,(H,21,22)/t11-/m0/s1. The number of thiophene rings is 1. The summed E-state index contributed by atoms with van der Waals surface area (Å²) in [4.78, 5) is 37.9. The van der Waals surface area contributed by atoms with Crippen LogP contribution >= 0.6 is 11.3 Å². The highest BCUT2D eigenvalue weighted by Crippen LogP contribution is 2.19. The predicted molar refractivity (Wildman–Crippen MR) is 88.0 cm³/mol. The zero-order valence-corrected chi connectivity index (χ0v) is 13.7. The highest BCUT2D eigenvalue weighted by molar-refractivity contribution is 7.12. The Morgan fingerprint density at radius 2 is 1.78 bits per heavy atom. The van der Waals surface area contributed by atoms with Gasteiger partial charge in [-0.15, -0.1) is 11.3 Å². The first-order chi connectivity index (χ1) is 10.9. The van der Waals surface area contributed by atoms with E-state index in [1.54, 1.807) is 41.8 Å². The highest BCUT2D eigenvalue weighted by Gasteiger charge is 2.23. The summed E-state index contributed by atoms with van der Waals surface area (Å²) >= 11 is 1.32. The Balaban J connectivity index is 2.28. The van der Waals surface area contributed by atoms with Crippen LogP contribution < -0.4 is 0 Å². The van der Waals surface area contributed by atoms with E-state index in [1.165, 1.54) is 30.2 Å². The molecule has 0 aliphatic heterocycles. The third kappa shape index (κ3) is 3.84. The highest BCUT2D eigenvalue weighted by atomic mass is 32.1. The number of ketones is 1. The van der Waals surface area contributed by atoms with Crippen molar-refractivity contribution in [1.29, 1.82) is 0 Å². The molecule has 0 aliphatic carbocycles. The van der Waals surface area contributed by atoms with Crippen molar-refractivity contribution in [3.8, 4) is 0 Å². The van der Waals surface area contributed by atoms with Crippen molar-refractivity contribution in [3.05, 3.63) is 57.8 Å². The molecule has 0 bridgehead atoms. The van der Waals surface area contributed by atoms with Gasteiger partial charge in [-0.2, -0.15) is 0 Å². The molecule has 0 saturated heterocycles. The molecule has 1 atom stereocenters. The van der Waals surface area contributed by atoms with Crippen LogP contribution in [-0.4, -0.2) is 41.3 Å². The quantitative estimate of drug-likeness (QED) is 0.826. The molecule has 6 heteroatoms. The number of aliphatic carboxylic acids is 1. The number of nitrogens with zero attached hydrogens (tertiary/aromatic N) is 1. The second-order valence-corrected chi connectivity index (χ2v) is 6.22. The maximum atomic E-state index is 12.6. The molecule has 0 radical (unpaired) electrons. The van der Waals surface area contributed by atoms with Gasteiger partial charge in [0.1, 0.15) is 0 Å². The van der Waals surface area contributed by atoms with Gasteiger partial charge in [0.25, 0.3) is 5.91 Å². The number of carboxylic acids is 1. The van der Waals surface area contributed by atoms with Crippen molar-refractivity contribution in [2.75, 3.05) is 13.6 Å². The van der Waals surface area contributed by atoms with Crippen LogP contribution in [0.3, 0.4) is 0 Å². The van der Waals surface area contributed by atoms with Crippen LogP contribution in [0.1, 0.15) is 32.5 Å². The number of carbonyl (C=O) groups is 3. The van der Waals surface area contributed by atoms with E-state index in [2.05, 4.69) is 0 Å². The molecular formula is C17H17NO4S. The third-order valence-corrected chi connectivity index (χ3v) is 4.33. The minimum Gasteiger partial charge on any atom is -0.481 e. The van der Waals surface area contributed by atoms with Gasteiger partial charge in [0.05, 0.1) is 16.4 Å². The minimum absolute atomic E-state index is 0.0791. The Morgan fingerprint density at radius 3 is 2.35 bits per heavy atom.